The lowest BCUT2D eigenvalue weighted by Gasteiger charge is -1.95. The van der Waals surface area contributed by atoms with E-state index in [4.69, 9.17) is 5.73 Å². The molecule has 2 N–H and O–H groups in total. The minimum Gasteiger partial charge on any atom is -0.395 e. The zero-order valence-electron chi connectivity index (χ0n) is 5.94. The Bertz CT molecular complexity index is 363. The lowest BCUT2D eigenvalue weighted by Crippen LogP contribution is -1.95. The van der Waals surface area contributed by atoms with Gasteiger partial charge in [0.15, 0.2) is 11.5 Å². The standard InChI is InChI=1S/C6H5FN4.ClH/c7-4-1-6-9-3-10-11(6)2-5(4)8;/h1-3H,8H2;1H. The first-order chi connectivity index (χ1) is 5.27. The van der Waals surface area contributed by atoms with Crippen molar-refractivity contribution in [3.63, 3.8) is 0 Å². The third kappa shape index (κ3) is 1.18. The average molecular weight is 189 g/mol. The lowest BCUT2D eigenvalue weighted by molar-refractivity contribution is 0.630. The summed E-state index contributed by atoms with van der Waals surface area (Å²) in [5.41, 5.74) is 5.81. The summed E-state index contributed by atoms with van der Waals surface area (Å²) in [5.74, 6) is -0.467. The van der Waals surface area contributed by atoms with E-state index in [1.807, 2.05) is 0 Å². The molecule has 2 rings (SSSR count). The summed E-state index contributed by atoms with van der Waals surface area (Å²) in [5, 5.41) is 3.78. The Hall–Kier alpha value is -1.36. The highest BCUT2D eigenvalue weighted by Crippen LogP contribution is 2.09. The topological polar surface area (TPSA) is 56.2 Å². The molecule has 0 saturated carbocycles. The van der Waals surface area contributed by atoms with E-state index in [1.54, 1.807) is 0 Å². The van der Waals surface area contributed by atoms with Crippen LogP contribution in [0, 0.1) is 5.82 Å². The number of aromatic nitrogens is 3. The van der Waals surface area contributed by atoms with Crippen LogP contribution in [0.25, 0.3) is 5.65 Å². The average Bonchev–Trinajstić information content (AvgIpc) is 2.36. The van der Waals surface area contributed by atoms with Crippen LogP contribution in [0.4, 0.5) is 10.1 Å². The van der Waals surface area contributed by atoms with Crippen LogP contribution in [0.2, 0.25) is 0 Å². The molecular formula is C6H6ClFN4. The van der Waals surface area contributed by atoms with Crippen molar-refractivity contribution in [1.29, 1.82) is 0 Å². The molecule has 12 heavy (non-hydrogen) atoms. The number of nitrogens with zero attached hydrogens (tertiary/aromatic N) is 3. The highest BCUT2D eigenvalue weighted by molar-refractivity contribution is 5.85. The monoisotopic (exact) mass is 188 g/mol. The van der Waals surface area contributed by atoms with Crippen LogP contribution in [-0.4, -0.2) is 14.6 Å². The van der Waals surface area contributed by atoms with Crippen molar-refractivity contribution in [2.24, 2.45) is 0 Å². The molecule has 6 heteroatoms. The largest absolute Gasteiger partial charge is 0.395 e. The molecule has 0 atom stereocenters. The van der Waals surface area contributed by atoms with E-state index < -0.39 is 5.82 Å². The summed E-state index contributed by atoms with van der Waals surface area (Å²) in [4.78, 5) is 3.78. The molecule has 64 valence electrons. The molecule has 2 heterocycles. The maximum atomic E-state index is 12.7. The molecule has 0 radical (unpaired) electrons. The predicted octanol–water partition coefficient (Wildman–Crippen LogP) is 0.872. The SMILES string of the molecule is Cl.Nc1cn2ncnc2cc1F. The lowest BCUT2D eigenvalue weighted by atomic mass is 10.4. The summed E-state index contributed by atoms with van der Waals surface area (Å²) >= 11 is 0. The number of nitrogens with two attached hydrogens (primary N) is 1. The van der Waals surface area contributed by atoms with Gasteiger partial charge in [0.25, 0.3) is 0 Å². The number of hydrogen-bond donors (Lipinski definition) is 1. The smallest absolute Gasteiger partial charge is 0.158 e. The zero-order valence-corrected chi connectivity index (χ0v) is 6.75. The Balaban J connectivity index is 0.000000720. The van der Waals surface area contributed by atoms with Crippen molar-refractivity contribution in [1.82, 2.24) is 14.6 Å². The molecule has 0 aliphatic heterocycles. The van der Waals surface area contributed by atoms with Crippen molar-refractivity contribution in [2.45, 2.75) is 0 Å². The van der Waals surface area contributed by atoms with E-state index in [9.17, 15) is 4.39 Å². The molecule has 0 spiro atoms. The predicted molar refractivity (Wildman–Crippen MR) is 44.6 cm³/mol. The molecule has 2 aromatic heterocycles. The van der Waals surface area contributed by atoms with Gasteiger partial charge in [-0.15, -0.1) is 12.4 Å². The van der Waals surface area contributed by atoms with Crippen molar-refractivity contribution in [3.05, 3.63) is 24.4 Å². The Kier molecular flexibility index (Phi) is 2.14. The quantitative estimate of drug-likeness (QED) is 0.668. The number of hydrogen-bond acceptors (Lipinski definition) is 3. The maximum absolute atomic E-state index is 12.7. The van der Waals surface area contributed by atoms with Gasteiger partial charge in [-0.25, -0.2) is 13.9 Å². The van der Waals surface area contributed by atoms with Gasteiger partial charge in [0.1, 0.15) is 6.33 Å². The molecule has 4 nitrogen and oxygen atoms in total. The van der Waals surface area contributed by atoms with Gasteiger partial charge in [-0.1, -0.05) is 0 Å². The fraction of sp³-hybridized carbons (Fsp3) is 0. The molecule has 0 bridgehead atoms. The van der Waals surface area contributed by atoms with Gasteiger partial charge in [0, 0.05) is 6.07 Å². The van der Waals surface area contributed by atoms with Crippen LogP contribution >= 0.6 is 12.4 Å². The molecule has 0 amide bonds. The van der Waals surface area contributed by atoms with Crippen LogP contribution in [0.5, 0.6) is 0 Å². The Morgan fingerprint density at radius 2 is 2.25 bits per heavy atom. The van der Waals surface area contributed by atoms with Crippen molar-refractivity contribution in [3.8, 4) is 0 Å². The van der Waals surface area contributed by atoms with Crippen LogP contribution in [-0.2, 0) is 0 Å². The number of anilines is 1. The summed E-state index contributed by atoms with van der Waals surface area (Å²) in [6, 6.07) is 1.24. The van der Waals surface area contributed by atoms with Crippen LogP contribution in [0.1, 0.15) is 0 Å². The zero-order chi connectivity index (χ0) is 7.84. The summed E-state index contributed by atoms with van der Waals surface area (Å²) in [7, 11) is 0. The third-order valence-corrected chi connectivity index (χ3v) is 1.39. The van der Waals surface area contributed by atoms with Gasteiger partial charge in [0.2, 0.25) is 0 Å². The summed E-state index contributed by atoms with van der Waals surface area (Å²) in [6.07, 6.45) is 2.73. The second kappa shape index (κ2) is 2.94. The Morgan fingerprint density at radius 3 is 3.00 bits per heavy atom. The molecule has 0 aromatic carbocycles. The molecule has 0 aliphatic rings. The van der Waals surface area contributed by atoms with Crippen LogP contribution in [0.15, 0.2) is 18.6 Å². The Morgan fingerprint density at radius 1 is 1.50 bits per heavy atom. The Labute approximate surface area is 73.6 Å². The normalized spacial score (nSPS) is 9.75. The van der Waals surface area contributed by atoms with Crippen molar-refractivity contribution < 1.29 is 4.39 Å². The van der Waals surface area contributed by atoms with Gasteiger partial charge in [-0.3, -0.25) is 0 Å². The summed E-state index contributed by atoms with van der Waals surface area (Å²) in [6.45, 7) is 0. The highest BCUT2D eigenvalue weighted by Gasteiger charge is 2.01. The molecule has 0 aliphatic carbocycles. The number of rotatable bonds is 0. The molecule has 0 unspecified atom stereocenters. The van der Waals surface area contributed by atoms with E-state index in [0.29, 0.717) is 5.65 Å². The van der Waals surface area contributed by atoms with Gasteiger partial charge in [-0.05, 0) is 0 Å². The number of pyridine rings is 1. The minimum absolute atomic E-state index is 0. The fourth-order valence-electron chi connectivity index (χ4n) is 0.852. The van der Waals surface area contributed by atoms with Crippen molar-refractivity contribution in [2.75, 3.05) is 5.73 Å². The van der Waals surface area contributed by atoms with E-state index in [-0.39, 0.29) is 18.1 Å². The minimum atomic E-state index is -0.467. The number of fused-ring (bicyclic) bond motifs is 1. The maximum Gasteiger partial charge on any atom is 0.158 e. The first-order valence-electron chi connectivity index (χ1n) is 3.02. The third-order valence-electron chi connectivity index (χ3n) is 1.39. The molecule has 2 aromatic rings. The molecular weight excluding hydrogens is 183 g/mol. The molecule has 0 fully saturated rings. The molecule has 0 saturated heterocycles. The van der Waals surface area contributed by atoms with Crippen LogP contribution < -0.4 is 5.73 Å². The highest BCUT2D eigenvalue weighted by atomic mass is 35.5. The van der Waals surface area contributed by atoms with Crippen molar-refractivity contribution >= 4 is 23.7 Å². The van der Waals surface area contributed by atoms with Gasteiger partial charge >= 0.3 is 0 Å². The summed E-state index contributed by atoms with van der Waals surface area (Å²) < 4.78 is 14.1. The van der Waals surface area contributed by atoms with E-state index in [0.717, 1.165) is 0 Å². The number of nitrogen functional groups attached to an aromatic ring is 1. The second-order valence-corrected chi connectivity index (χ2v) is 2.14. The van der Waals surface area contributed by atoms with Gasteiger partial charge < -0.3 is 5.73 Å². The van der Waals surface area contributed by atoms with E-state index in [2.05, 4.69) is 10.1 Å². The van der Waals surface area contributed by atoms with Gasteiger partial charge in [0.05, 0.1) is 11.9 Å². The first-order valence-corrected chi connectivity index (χ1v) is 3.02. The van der Waals surface area contributed by atoms with Crippen LogP contribution in [0.3, 0.4) is 0 Å². The number of halogens is 2. The van der Waals surface area contributed by atoms with E-state index in [1.165, 1.54) is 23.1 Å². The second-order valence-electron chi connectivity index (χ2n) is 2.14. The van der Waals surface area contributed by atoms with Gasteiger partial charge in [-0.2, -0.15) is 5.10 Å². The fourth-order valence-corrected chi connectivity index (χ4v) is 0.852. The first kappa shape index (κ1) is 8.73. The van der Waals surface area contributed by atoms with E-state index >= 15 is 0 Å².